The number of hydrogen-bond donors (Lipinski definition) is 1. The van der Waals surface area contributed by atoms with E-state index in [1.807, 2.05) is 0 Å². The van der Waals surface area contributed by atoms with Crippen molar-refractivity contribution in [1.82, 2.24) is 0 Å². The molecule has 0 saturated carbocycles. The van der Waals surface area contributed by atoms with Gasteiger partial charge in [0.1, 0.15) is 5.76 Å². The fourth-order valence-corrected chi connectivity index (χ4v) is 1.41. The highest BCUT2D eigenvalue weighted by atomic mass is 16.6. The van der Waals surface area contributed by atoms with E-state index in [-0.39, 0.29) is 0 Å². The van der Waals surface area contributed by atoms with Gasteiger partial charge in [-0.15, -0.1) is 0 Å². The van der Waals surface area contributed by atoms with Crippen LogP contribution in [0.25, 0.3) is 0 Å². The highest BCUT2D eigenvalue weighted by molar-refractivity contribution is 5.73. The Morgan fingerprint density at radius 2 is 2.21 bits per heavy atom. The second-order valence-corrected chi connectivity index (χ2v) is 2.94. The van der Waals surface area contributed by atoms with Crippen LogP contribution in [0, 0.1) is 0 Å². The lowest BCUT2D eigenvalue weighted by Crippen LogP contribution is -2.38. The van der Waals surface area contributed by atoms with Gasteiger partial charge in [0.25, 0.3) is 0 Å². The largest absolute Gasteiger partial charge is 0.479 e. The van der Waals surface area contributed by atoms with Gasteiger partial charge in [0.05, 0.1) is 19.5 Å². The summed E-state index contributed by atoms with van der Waals surface area (Å²) in [5.41, 5.74) is 0. The normalized spacial score (nSPS) is 27.4. The van der Waals surface area contributed by atoms with Gasteiger partial charge in [0.15, 0.2) is 12.2 Å². The van der Waals surface area contributed by atoms with E-state index in [2.05, 4.69) is 0 Å². The molecule has 76 valence electrons. The van der Waals surface area contributed by atoms with Crippen molar-refractivity contribution in [2.24, 2.45) is 0 Å². The van der Waals surface area contributed by atoms with Gasteiger partial charge in [-0.2, -0.15) is 0 Å². The number of hydrogen-bond acceptors (Lipinski definition) is 4. The van der Waals surface area contributed by atoms with Gasteiger partial charge in [-0.3, -0.25) is 0 Å². The van der Waals surface area contributed by atoms with Crippen LogP contribution < -0.4 is 0 Å². The number of aliphatic carboxylic acids is 1. The molecule has 2 unspecified atom stereocenters. The van der Waals surface area contributed by atoms with Crippen LogP contribution in [0.1, 0.15) is 11.9 Å². The summed E-state index contributed by atoms with van der Waals surface area (Å²) in [5, 5.41) is 8.86. The molecule has 2 heterocycles. The second-order valence-electron chi connectivity index (χ2n) is 2.94. The molecule has 1 aliphatic heterocycles. The number of carboxylic acid groups (broad SMARTS) is 1. The molecule has 0 spiro atoms. The monoisotopic (exact) mass is 198 g/mol. The van der Waals surface area contributed by atoms with E-state index in [0.717, 1.165) is 0 Å². The fourth-order valence-electron chi connectivity index (χ4n) is 1.41. The van der Waals surface area contributed by atoms with Gasteiger partial charge in [0.2, 0.25) is 0 Å². The Morgan fingerprint density at radius 1 is 1.43 bits per heavy atom. The molecular weight excluding hydrogens is 188 g/mol. The average Bonchev–Trinajstić information content (AvgIpc) is 2.70. The van der Waals surface area contributed by atoms with Crippen molar-refractivity contribution >= 4 is 5.97 Å². The highest BCUT2D eigenvalue weighted by Gasteiger charge is 2.35. The standard InChI is InChI=1S/C9H10O5/c10-9(11)8-7(13-4-5-14-8)6-2-1-3-12-6/h1-3,7-8H,4-5H2,(H,10,11). The van der Waals surface area contributed by atoms with Gasteiger partial charge in [-0.1, -0.05) is 0 Å². The Balaban J connectivity index is 2.18. The topological polar surface area (TPSA) is 68.9 Å². The predicted molar refractivity (Wildman–Crippen MR) is 44.8 cm³/mol. The van der Waals surface area contributed by atoms with Crippen LogP contribution in [0.4, 0.5) is 0 Å². The Bertz CT molecular complexity index is 305. The summed E-state index contributed by atoms with van der Waals surface area (Å²) in [6, 6.07) is 3.36. The fraction of sp³-hybridized carbons (Fsp3) is 0.444. The lowest BCUT2D eigenvalue weighted by atomic mass is 10.1. The smallest absolute Gasteiger partial charge is 0.336 e. The SMILES string of the molecule is O=C(O)C1OCCOC1c1ccco1. The Kier molecular flexibility index (Phi) is 2.51. The Hall–Kier alpha value is -1.33. The number of rotatable bonds is 2. The van der Waals surface area contributed by atoms with Gasteiger partial charge in [-0.25, -0.2) is 4.79 Å². The Morgan fingerprint density at radius 3 is 2.86 bits per heavy atom. The number of carboxylic acids is 1. The molecule has 14 heavy (non-hydrogen) atoms. The molecule has 1 aromatic heterocycles. The lowest BCUT2D eigenvalue weighted by Gasteiger charge is -2.27. The molecule has 1 aliphatic rings. The lowest BCUT2D eigenvalue weighted by molar-refractivity contribution is -0.184. The van der Waals surface area contributed by atoms with E-state index in [4.69, 9.17) is 19.0 Å². The second kappa shape index (κ2) is 3.81. The van der Waals surface area contributed by atoms with Crippen LogP contribution in [-0.4, -0.2) is 30.4 Å². The average molecular weight is 198 g/mol. The third kappa shape index (κ3) is 1.64. The van der Waals surface area contributed by atoms with E-state index in [1.165, 1.54) is 6.26 Å². The summed E-state index contributed by atoms with van der Waals surface area (Å²) in [4.78, 5) is 10.8. The van der Waals surface area contributed by atoms with E-state index in [0.29, 0.717) is 19.0 Å². The molecule has 1 aromatic rings. The summed E-state index contributed by atoms with van der Waals surface area (Å²) in [5.74, 6) is -0.553. The minimum Gasteiger partial charge on any atom is -0.479 e. The van der Waals surface area contributed by atoms with Crippen molar-refractivity contribution in [3.63, 3.8) is 0 Å². The third-order valence-corrected chi connectivity index (χ3v) is 2.02. The zero-order valence-electron chi connectivity index (χ0n) is 7.38. The quantitative estimate of drug-likeness (QED) is 0.761. The molecule has 1 fully saturated rings. The van der Waals surface area contributed by atoms with Crippen LogP contribution in [-0.2, 0) is 14.3 Å². The minimum absolute atomic E-state index is 0.300. The maximum absolute atomic E-state index is 10.8. The molecular formula is C9H10O5. The molecule has 0 aromatic carbocycles. The first-order valence-electron chi connectivity index (χ1n) is 4.28. The van der Waals surface area contributed by atoms with E-state index < -0.39 is 18.2 Å². The van der Waals surface area contributed by atoms with Crippen LogP contribution in [0.3, 0.4) is 0 Å². The summed E-state index contributed by atoms with van der Waals surface area (Å²) < 4.78 is 15.5. The van der Waals surface area contributed by atoms with Crippen LogP contribution >= 0.6 is 0 Å². The molecule has 1 saturated heterocycles. The third-order valence-electron chi connectivity index (χ3n) is 2.02. The molecule has 0 bridgehead atoms. The molecule has 2 atom stereocenters. The molecule has 0 amide bonds. The molecule has 0 aliphatic carbocycles. The first kappa shape index (κ1) is 9.23. The van der Waals surface area contributed by atoms with Crippen LogP contribution in [0.5, 0.6) is 0 Å². The Labute approximate surface area is 80.2 Å². The van der Waals surface area contributed by atoms with Gasteiger partial charge in [-0.05, 0) is 12.1 Å². The molecule has 1 N–H and O–H groups in total. The first-order chi connectivity index (χ1) is 6.79. The predicted octanol–water partition coefficient (Wildman–Crippen LogP) is 0.821. The number of furan rings is 1. The summed E-state index contributed by atoms with van der Waals surface area (Å²) in [6.07, 6.45) is -0.141. The highest BCUT2D eigenvalue weighted by Crippen LogP contribution is 2.26. The zero-order valence-corrected chi connectivity index (χ0v) is 7.38. The molecule has 2 rings (SSSR count). The molecule has 0 radical (unpaired) electrons. The maximum Gasteiger partial charge on any atom is 0.336 e. The number of ether oxygens (including phenoxy) is 2. The summed E-state index contributed by atoms with van der Waals surface area (Å²) >= 11 is 0. The van der Waals surface area contributed by atoms with Crippen molar-refractivity contribution in [3.05, 3.63) is 24.2 Å². The van der Waals surface area contributed by atoms with Gasteiger partial charge < -0.3 is 19.0 Å². The zero-order chi connectivity index (χ0) is 9.97. The maximum atomic E-state index is 10.8. The first-order valence-corrected chi connectivity index (χ1v) is 4.28. The van der Waals surface area contributed by atoms with E-state index in [1.54, 1.807) is 12.1 Å². The minimum atomic E-state index is -1.04. The summed E-state index contributed by atoms with van der Waals surface area (Å²) in [7, 11) is 0. The van der Waals surface area contributed by atoms with Crippen LogP contribution in [0.15, 0.2) is 22.8 Å². The molecule has 5 nitrogen and oxygen atoms in total. The summed E-state index contributed by atoms with van der Waals surface area (Å²) in [6.45, 7) is 0.684. The van der Waals surface area contributed by atoms with Gasteiger partial charge >= 0.3 is 5.97 Å². The van der Waals surface area contributed by atoms with Crippen LogP contribution in [0.2, 0.25) is 0 Å². The van der Waals surface area contributed by atoms with E-state index >= 15 is 0 Å². The van der Waals surface area contributed by atoms with Crippen molar-refractivity contribution in [3.8, 4) is 0 Å². The number of carbonyl (C=O) groups is 1. The van der Waals surface area contributed by atoms with Gasteiger partial charge in [0, 0.05) is 0 Å². The van der Waals surface area contributed by atoms with Crippen molar-refractivity contribution < 1.29 is 23.8 Å². The van der Waals surface area contributed by atoms with Crippen molar-refractivity contribution in [2.45, 2.75) is 12.2 Å². The van der Waals surface area contributed by atoms with Crippen molar-refractivity contribution in [2.75, 3.05) is 13.2 Å². The van der Waals surface area contributed by atoms with Crippen molar-refractivity contribution in [1.29, 1.82) is 0 Å². The molecule has 5 heteroatoms. The van der Waals surface area contributed by atoms with E-state index in [9.17, 15) is 4.79 Å².